The Morgan fingerprint density at radius 2 is 2.29 bits per heavy atom. The normalized spacial score (nSPS) is 23.6. The van der Waals surface area contributed by atoms with Gasteiger partial charge in [-0.15, -0.1) is 0 Å². The average molecular weight is 244 g/mol. The van der Waals surface area contributed by atoms with Crippen LogP contribution in [0.4, 0.5) is 0 Å². The number of hydrogen-bond donors (Lipinski definition) is 2. The van der Waals surface area contributed by atoms with Gasteiger partial charge >= 0.3 is 0 Å². The first-order valence-corrected chi connectivity index (χ1v) is 6.72. The van der Waals surface area contributed by atoms with Crippen LogP contribution in [0.2, 0.25) is 0 Å². The van der Waals surface area contributed by atoms with Gasteiger partial charge in [-0.3, -0.25) is 0 Å². The predicted molar refractivity (Wildman–Crippen MR) is 70.4 cm³/mol. The lowest BCUT2D eigenvalue weighted by Crippen LogP contribution is -2.47. The predicted octanol–water partition coefficient (Wildman–Crippen LogP) is 1.16. The van der Waals surface area contributed by atoms with Gasteiger partial charge in [0.25, 0.3) is 0 Å². The minimum absolute atomic E-state index is 0.0838. The summed E-state index contributed by atoms with van der Waals surface area (Å²) in [7, 11) is 0. The highest BCUT2D eigenvalue weighted by Crippen LogP contribution is 2.09. The molecule has 0 aromatic carbocycles. The molecule has 0 radical (unpaired) electrons. The quantitative estimate of drug-likeness (QED) is 0.705. The molecule has 0 spiro atoms. The van der Waals surface area contributed by atoms with Crippen LogP contribution in [0.3, 0.4) is 0 Å². The highest BCUT2D eigenvalue weighted by Gasteiger charge is 2.20. The Morgan fingerprint density at radius 1 is 1.53 bits per heavy atom. The molecule has 1 aliphatic rings. The van der Waals surface area contributed by atoms with Gasteiger partial charge in [0.1, 0.15) is 0 Å². The maximum atomic E-state index is 5.67. The van der Waals surface area contributed by atoms with Crippen LogP contribution in [0.5, 0.6) is 0 Å². The second-order valence-electron chi connectivity index (χ2n) is 5.44. The first-order valence-electron chi connectivity index (χ1n) is 6.72. The van der Waals surface area contributed by atoms with E-state index in [1.54, 1.807) is 0 Å². The number of nitrogens with one attached hydrogen (secondary N) is 2. The first-order chi connectivity index (χ1) is 8.03. The number of morpholine rings is 1. The minimum Gasteiger partial charge on any atom is -0.379 e. The van der Waals surface area contributed by atoms with Gasteiger partial charge in [-0.25, -0.2) is 0 Å². The molecular formula is C13H28N2O2. The van der Waals surface area contributed by atoms with Crippen LogP contribution >= 0.6 is 0 Å². The molecule has 0 aromatic heterocycles. The van der Waals surface area contributed by atoms with E-state index in [1.165, 1.54) is 0 Å². The summed E-state index contributed by atoms with van der Waals surface area (Å²) in [6, 6.07) is 0.968. The lowest BCUT2D eigenvalue weighted by atomic mass is 10.1. The molecule has 0 bridgehead atoms. The summed E-state index contributed by atoms with van der Waals surface area (Å²) in [6.07, 6.45) is 1.10. The fourth-order valence-corrected chi connectivity index (χ4v) is 2.14. The summed E-state index contributed by atoms with van der Waals surface area (Å²) in [6.45, 7) is 12.8. The van der Waals surface area contributed by atoms with Crippen LogP contribution in [0, 0.1) is 0 Å². The van der Waals surface area contributed by atoms with Gasteiger partial charge in [0.15, 0.2) is 0 Å². The number of rotatable bonds is 7. The Bertz CT molecular complexity index is 204. The molecular weight excluding hydrogens is 216 g/mol. The molecule has 4 nitrogen and oxygen atoms in total. The Morgan fingerprint density at radius 3 is 2.88 bits per heavy atom. The highest BCUT2D eigenvalue weighted by atomic mass is 16.5. The van der Waals surface area contributed by atoms with Crippen molar-refractivity contribution in [2.24, 2.45) is 0 Å². The molecule has 1 saturated heterocycles. The van der Waals surface area contributed by atoms with Gasteiger partial charge in [-0.2, -0.15) is 0 Å². The van der Waals surface area contributed by atoms with Crippen molar-refractivity contribution in [3.05, 3.63) is 0 Å². The lowest BCUT2D eigenvalue weighted by molar-refractivity contribution is -0.0111. The Labute approximate surface area is 105 Å². The third-order valence-electron chi connectivity index (χ3n) is 3.05. The summed E-state index contributed by atoms with van der Waals surface area (Å²) in [4.78, 5) is 0. The van der Waals surface area contributed by atoms with Crippen molar-refractivity contribution < 1.29 is 9.47 Å². The molecule has 4 heteroatoms. The smallest absolute Gasteiger partial charge is 0.0750 e. The van der Waals surface area contributed by atoms with E-state index in [0.717, 1.165) is 39.3 Å². The topological polar surface area (TPSA) is 42.5 Å². The van der Waals surface area contributed by atoms with E-state index in [2.05, 4.69) is 31.4 Å². The molecule has 2 N–H and O–H groups in total. The SMILES string of the molecule is CCOC(C)(C)CNC(C)CC1COCCN1. The molecule has 1 rings (SSSR count). The second kappa shape index (κ2) is 7.31. The molecule has 1 fully saturated rings. The van der Waals surface area contributed by atoms with Crippen LogP contribution in [0.15, 0.2) is 0 Å². The van der Waals surface area contributed by atoms with Gasteiger partial charge < -0.3 is 20.1 Å². The molecule has 102 valence electrons. The fraction of sp³-hybridized carbons (Fsp3) is 1.00. The summed E-state index contributed by atoms with van der Waals surface area (Å²) in [5, 5.41) is 7.01. The van der Waals surface area contributed by atoms with Gasteiger partial charge in [-0.1, -0.05) is 0 Å². The third-order valence-corrected chi connectivity index (χ3v) is 3.05. The van der Waals surface area contributed by atoms with Crippen molar-refractivity contribution in [1.82, 2.24) is 10.6 Å². The Balaban J connectivity index is 2.17. The first kappa shape index (κ1) is 14.9. The van der Waals surface area contributed by atoms with Crippen LogP contribution in [0.1, 0.15) is 34.1 Å². The summed E-state index contributed by atoms with van der Waals surface area (Å²) in [5.74, 6) is 0. The maximum absolute atomic E-state index is 5.67. The van der Waals surface area contributed by atoms with E-state index in [-0.39, 0.29) is 5.60 Å². The second-order valence-corrected chi connectivity index (χ2v) is 5.44. The van der Waals surface area contributed by atoms with Crippen molar-refractivity contribution >= 4 is 0 Å². The summed E-state index contributed by atoms with van der Waals surface area (Å²) < 4.78 is 11.1. The summed E-state index contributed by atoms with van der Waals surface area (Å²) in [5.41, 5.74) is -0.0838. The van der Waals surface area contributed by atoms with Gasteiger partial charge in [0, 0.05) is 31.8 Å². The zero-order valence-corrected chi connectivity index (χ0v) is 11.7. The molecule has 1 heterocycles. The molecule has 0 saturated carbocycles. The molecule has 0 aromatic rings. The lowest BCUT2D eigenvalue weighted by Gasteiger charge is -2.30. The van der Waals surface area contributed by atoms with Crippen molar-refractivity contribution in [1.29, 1.82) is 0 Å². The van der Waals surface area contributed by atoms with Crippen molar-refractivity contribution in [3.63, 3.8) is 0 Å². The molecule has 2 unspecified atom stereocenters. The largest absolute Gasteiger partial charge is 0.379 e. The molecule has 2 atom stereocenters. The zero-order valence-electron chi connectivity index (χ0n) is 11.7. The molecule has 17 heavy (non-hydrogen) atoms. The van der Waals surface area contributed by atoms with Crippen molar-refractivity contribution in [2.45, 2.75) is 51.8 Å². The van der Waals surface area contributed by atoms with E-state index in [9.17, 15) is 0 Å². The van der Waals surface area contributed by atoms with Crippen molar-refractivity contribution in [2.75, 3.05) is 32.9 Å². The van der Waals surface area contributed by atoms with Crippen LogP contribution in [-0.4, -0.2) is 50.6 Å². The van der Waals surface area contributed by atoms with E-state index >= 15 is 0 Å². The monoisotopic (exact) mass is 244 g/mol. The Hall–Kier alpha value is -0.160. The zero-order chi connectivity index (χ0) is 12.7. The van der Waals surface area contributed by atoms with E-state index < -0.39 is 0 Å². The maximum Gasteiger partial charge on any atom is 0.0750 e. The fourth-order valence-electron chi connectivity index (χ4n) is 2.14. The minimum atomic E-state index is -0.0838. The van der Waals surface area contributed by atoms with E-state index in [0.29, 0.717) is 12.1 Å². The summed E-state index contributed by atoms with van der Waals surface area (Å²) >= 11 is 0. The highest BCUT2D eigenvalue weighted by molar-refractivity contribution is 4.79. The number of hydrogen-bond acceptors (Lipinski definition) is 4. The standard InChI is InChI=1S/C13H28N2O2/c1-5-17-13(3,4)10-15-11(2)8-12-9-16-7-6-14-12/h11-12,14-15H,5-10H2,1-4H3. The van der Waals surface area contributed by atoms with Crippen LogP contribution in [0.25, 0.3) is 0 Å². The Kier molecular flexibility index (Phi) is 6.41. The van der Waals surface area contributed by atoms with Crippen LogP contribution < -0.4 is 10.6 Å². The van der Waals surface area contributed by atoms with Crippen molar-refractivity contribution in [3.8, 4) is 0 Å². The number of ether oxygens (including phenoxy) is 2. The van der Waals surface area contributed by atoms with Gasteiger partial charge in [0.2, 0.25) is 0 Å². The average Bonchev–Trinajstić information content (AvgIpc) is 2.28. The third kappa shape index (κ3) is 6.36. The van der Waals surface area contributed by atoms with Crippen LogP contribution in [-0.2, 0) is 9.47 Å². The van der Waals surface area contributed by atoms with Gasteiger partial charge in [-0.05, 0) is 34.1 Å². The molecule has 0 amide bonds. The van der Waals surface area contributed by atoms with E-state index in [4.69, 9.17) is 9.47 Å². The van der Waals surface area contributed by atoms with Gasteiger partial charge in [0.05, 0.1) is 18.8 Å². The van der Waals surface area contributed by atoms with E-state index in [1.807, 2.05) is 6.92 Å². The molecule has 0 aliphatic carbocycles. The molecule has 1 aliphatic heterocycles.